The van der Waals surface area contributed by atoms with Crippen molar-refractivity contribution in [1.29, 1.82) is 0 Å². The van der Waals surface area contributed by atoms with E-state index in [1.807, 2.05) is 13.8 Å². The van der Waals surface area contributed by atoms with E-state index in [1.165, 1.54) is 11.3 Å². The van der Waals surface area contributed by atoms with Crippen molar-refractivity contribution >= 4 is 39.9 Å². The summed E-state index contributed by atoms with van der Waals surface area (Å²) in [5.74, 6) is -0.104. The van der Waals surface area contributed by atoms with Crippen molar-refractivity contribution in [2.45, 2.75) is 40.5 Å². The normalized spacial score (nSPS) is 11.3. The maximum atomic E-state index is 12.5. The highest BCUT2D eigenvalue weighted by Crippen LogP contribution is 2.21. The first-order valence-electron chi connectivity index (χ1n) is 7.37. The maximum Gasteiger partial charge on any atom is 0.245 e. The smallest absolute Gasteiger partial charge is 0.245 e. The summed E-state index contributed by atoms with van der Waals surface area (Å²) in [7, 11) is 0. The number of hydrogen-bond acceptors (Lipinski definition) is 4. The lowest BCUT2D eigenvalue weighted by molar-refractivity contribution is -0.141. The molecule has 5 nitrogen and oxygen atoms in total. The highest BCUT2D eigenvalue weighted by Gasteiger charge is 2.32. The molecule has 0 aliphatic rings. The molecule has 0 bridgehead atoms. The minimum absolute atomic E-state index is 0.0256. The number of amides is 2. The fourth-order valence-electron chi connectivity index (χ4n) is 1.83. The number of rotatable bonds is 8. The van der Waals surface area contributed by atoms with Gasteiger partial charge in [-0.15, -0.1) is 22.9 Å². The summed E-state index contributed by atoms with van der Waals surface area (Å²) >= 11 is 7.29. The van der Waals surface area contributed by atoms with Crippen molar-refractivity contribution in [3.63, 3.8) is 0 Å². The van der Waals surface area contributed by atoms with Gasteiger partial charge in [-0.1, -0.05) is 13.3 Å². The average molecular weight is 346 g/mol. The molecule has 1 rings (SSSR count). The highest BCUT2D eigenvalue weighted by molar-refractivity contribution is 7.15. The molecule has 1 aromatic rings. The van der Waals surface area contributed by atoms with Crippen LogP contribution >= 0.6 is 22.9 Å². The predicted molar refractivity (Wildman–Crippen MR) is 91.5 cm³/mol. The molecule has 124 valence electrons. The van der Waals surface area contributed by atoms with Crippen molar-refractivity contribution in [2.24, 2.45) is 5.41 Å². The molecule has 0 fully saturated rings. The van der Waals surface area contributed by atoms with Gasteiger partial charge < -0.3 is 10.2 Å². The lowest BCUT2D eigenvalue weighted by atomic mass is 9.94. The molecule has 0 spiro atoms. The van der Waals surface area contributed by atoms with E-state index in [9.17, 15) is 9.59 Å². The molecule has 0 aromatic carbocycles. The Kier molecular flexibility index (Phi) is 7.29. The number of carbonyl (C=O) groups excluding carboxylic acids is 2. The molecule has 0 saturated heterocycles. The highest BCUT2D eigenvalue weighted by atomic mass is 35.5. The fourth-order valence-corrected chi connectivity index (χ4v) is 2.63. The van der Waals surface area contributed by atoms with Crippen molar-refractivity contribution in [3.8, 4) is 0 Å². The quantitative estimate of drug-likeness (QED) is 0.735. The van der Waals surface area contributed by atoms with Crippen LogP contribution in [0.3, 0.4) is 0 Å². The van der Waals surface area contributed by atoms with Gasteiger partial charge >= 0.3 is 0 Å². The Balaban J connectivity index is 2.71. The standard InChI is InChI=1S/C15H24ClN3O2S/c1-5-6-7-19(13(21)15(3,4)10-16)9-12(20)18-14-17-8-11(2)22-14/h8H,5-7,9-10H2,1-4H3,(H,17,18,20). The lowest BCUT2D eigenvalue weighted by Crippen LogP contribution is -2.45. The summed E-state index contributed by atoms with van der Waals surface area (Å²) in [5.41, 5.74) is -0.673. The van der Waals surface area contributed by atoms with Crippen LogP contribution in [0, 0.1) is 12.3 Å². The molecule has 1 heterocycles. The molecular formula is C15H24ClN3O2S. The van der Waals surface area contributed by atoms with Crippen molar-refractivity contribution in [2.75, 3.05) is 24.3 Å². The van der Waals surface area contributed by atoms with E-state index < -0.39 is 5.41 Å². The fraction of sp³-hybridized carbons (Fsp3) is 0.667. The first kappa shape index (κ1) is 18.9. The van der Waals surface area contributed by atoms with E-state index in [0.29, 0.717) is 11.7 Å². The first-order valence-corrected chi connectivity index (χ1v) is 8.73. The topological polar surface area (TPSA) is 62.3 Å². The van der Waals surface area contributed by atoms with Gasteiger partial charge in [0.15, 0.2) is 5.13 Å². The second-order valence-corrected chi connectivity index (χ2v) is 7.42. The Morgan fingerprint density at radius 3 is 2.64 bits per heavy atom. The third kappa shape index (κ3) is 5.57. The summed E-state index contributed by atoms with van der Waals surface area (Å²) in [6, 6.07) is 0. The average Bonchev–Trinajstić information content (AvgIpc) is 2.87. The zero-order chi connectivity index (χ0) is 16.8. The molecule has 0 saturated carbocycles. The maximum absolute atomic E-state index is 12.5. The van der Waals surface area contributed by atoms with E-state index in [-0.39, 0.29) is 24.2 Å². The predicted octanol–water partition coefficient (Wildman–Crippen LogP) is 3.28. The van der Waals surface area contributed by atoms with Crippen LogP contribution in [0.4, 0.5) is 5.13 Å². The van der Waals surface area contributed by atoms with Gasteiger partial charge in [0, 0.05) is 23.5 Å². The summed E-state index contributed by atoms with van der Waals surface area (Å²) in [6.45, 7) is 8.14. The van der Waals surface area contributed by atoms with Gasteiger partial charge in [0.25, 0.3) is 0 Å². The number of thiazole rings is 1. The van der Waals surface area contributed by atoms with E-state index in [0.717, 1.165) is 17.7 Å². The van der Waals surface area contributed by atoms with Crippen molar-refractivity contribution < 1.29 is 9.59 Å². The van der Waals surface area contributed by atoms with Gasteiger partial charge in [0.05, 0.1) is 12.0 Å². The second kappa shape index (κ2) is 8.48. The number of aromatic nitrogens is 1. The van der Waals surface area contributed by atoms with E-state index in [4.69, 9.17) is 11.6 Å². The molecule has 1 aromatic heterocycles. The van der Waals surface area contributed by atoms with Gasteiger partial charge in [0.1, 0.15) is 0 Å². The first-order chi connectivity index (χ1) is 10.3. The summed E-state index contributed by atoms with van der Waals surface area (Å²) < 4.78 is 0. The number of halogens is 1. The van der Waals surface area contributed by atoms with Gasteiger partial charge in [-0.05, 0) is 27.2 Å². The Labute approximate surface area is 141 Å². The minimum atomic E-state index is -0.673. The molecule has 0 aliphatic heterocycles. The zero-order valence-corrected chi connectivity index (χ0v) is 15.2. The van der Waals surface area contributed by atoms with Crippen LogP contribution in [-0.4, -0.2) is 40.7 Å². The second-order valence-electron chi connectivity index (χ2n) is 5.92. The van der Waals surface area contributed by atoms with Gasteiger partial charge in [0.2, 0.25) is 11.8 Å². The van der Waals surface area contributed by atoms with E-state index in [1.54, 1.807) is 24.9 Å². The molecule has 2 amide bonds. The number of nitrogens with zero attached hydrogens (tertiary/aromatic N) is 2. The number of nitrogens with one attached hydrogen (secondary N) is 1. The van der Waals surface area contributed by atoms with Crippen LogP contribution in [0.15, 0.2) is 6.20 Å². The van der Waals surface area contributed by atoms with Crippen LogP contribution in [0.1, 0.15) is 38.5 Å². The summed E-state index contributed by atoms with van der Waals surface area (Å²) in [6.07, 6.45) is 3.52. The summed E-state index contributed by atoms with van der Waals surface area (Å²) in [4.78, 5) is 31.4. The molecule has 22 heavy (non-hydrogen) atoms. The van der Waals surface area contributed by atoms with Crippen molar-refractivity contribution in [1.82, 2.24) is 9.88 Å². The number of unbranched alkanes of at least 4 members (excludes halogenated alkanes) is 1. The van der Waals surface area contributed by atoms with E-state index in [2.05, 4.69) is 10.3 Å². The van der Waals surface area contributed by atoms with E-state index >= 15 is 0 Å². The molecule has 7 heteroatoms. The number of carbonyl (C=O) groups is 2. The number of hydrogen-bond donors (Lipinski definition) is 1. The molecule has 1 N–H and O–H groups in total. The van der Waals surface area contributed by atoms with Crippen LogP contribution in [0.2, 0.25) is 0 Å². The molecule has 0 unspecified atom stereocenters. The van der Waals surface area contributed by atoms with Crippen LogP contribution in [-0.2, 0) is 9.59 Å². The monoisotopic (exact) mass is 345 g/mol. The number of aryl methyl sites for hydroxylation is 1. The zero-order valence-electron chi connectivity index (χ0n) is 13.6. The molecular weight excluding hydrogens is 322 g/mol. The number of alkyl halides is 1. The SMILES string of the molecule is CCCCN(CC(=O)Nc1ncc(C)s1)C(=O)C(C)(C)CCl. The van der Waals surface area contributed by atoms with Crippen LogP contribution < -0.4 is 5.32 Å². The molecule has 0 atom stereocenters. The van der Waals surface area contributed by atoms with Gasteiger partial charge in [-0.25, -0.2) is 4.98 Å². The third-order valence-electron chi connectivity index (χ3n) is 3.18. The molecule has 0 radical (unpaired) electrons. The Morgan fingerprint density at radius 1 is 1.45 bits per heavy atom. The third-order valence-corrected chi connectivity index (χ3v) is 4.68. The van der Waals surface area contributed by atoms with Crippen LogP contribution in [0.5, 0.6) is 0 Å². The molecule has 0 aliphatic carbocycles. The van der Waals surface area contributed by atoms with Crippen molar-refractivity contribution in [3.05, 3.63) is 11.1 Å². The number of anilines is 1. The minimum Gasteiger partial charge on any atom is -0.333 e. The van der Waals surface area contributed by atoms with Gasteiger partial charge in [-0.2, -0.15) is 0 Å². The summed E-state index contributed by atoms with van der Waals surface area (Å²) in [5, 5.41) is 3.29. The Morgan fingerprint density at radius 2 is 2.14 bits per heavy atom. The lowest BCUT2D eigenvalue weighted by Gasteiger charge is -2.30. The Hall–Kier alpha value is -1.14. The van der Waals surface area contributed by atoms with Gasteiger partial charge in [-0.3, -0.25) is 9.59 Å². The largest absolute Gasteiger partial charge is 0.333 e. The Bertz CT molecular complexity index is 517. The van der Waals surface area contributed by atoms with Crippen LogP contribution in [0.25, 0.3) is 0 Å².